The highest BCUT2D eigenvalue weighted by Crippen LogP contribution is 2.12. The lowest BCUT2D eigenvalue weighted by atomic mass is 10.2. The van der Waals surface area contributed by atoms with Gasteiger partial charge in [-0.1, -0.05) is 18.2 Å². The first-order chi connectivity index (χ1) is 11.0. The van der Waals surface area contributed by atoms with E-state index >= 15 is 0 Å². The molecule has 2 unspecified atom stereocenters. The molecule has 0 aliphatic carbocycles. The van der Waals surface area contributed by atoms with Gasteiger partial charge in [-0.15, -0.1) is 12.4 Å². The van der Waals surface area contributed by atoms with E-state index < -0.39 is 0 Å². The Hall–Kier alpha value is -1.79. The Morgan fingerprint density at radius 1 is 1.42 bits per heavy atom. The van der Waals surface area contributed by atoms with Crippen LogP contribution in [0.25, 0.3) is 0 Å². The van der Waals surface area contributed by atoms with Crippen LogP contribution in [0.2, 0.25) is 0 Å². The zero-order chi connectivity index (χ0) is 16.7. The van der Waals surface area contributed by atoms with E-state index in [4.69, 9.17) is 10.5 Å². The first-order valence-corrected chi connectivity index (χ1v) is 8.05. The van der Waals surface area contributed by atoms with Crippen molar-refractivity contribution >= 4 is 24.2 Å². The lowest BCUT2D eigenvalue weighted by Gasteiger charge is -2.17. The molecule has 1 aliphatic heterocycles. The number of nitrogens with two attached hydrogens (primary N) is 1. The molecule has 0 spiro atoms. The number of hydrogen-bond acceptors (Lipinski definition) is 4. The number of benzene rings is 1. The molecule has 2 rings (SSSR count). The lowest BCUT2D eigenvalue weighted by molar-refractivity contribution is -0.128. The Balaban J connectivity index is 0.00000288. The normalized spacial score (nSPS) is 18.0. The second-order valence-corrected chi connectivity index (χ2v) is 5.99. The van der Waals surface area contributed by atoms with Crippen LogP contribution in [0.15, 0.2) is 30.3 Å². The summed E-state index contributed by atoms with van der Waals surface area (Å²) in [5.74, 6) is 0.807. The lowest BCUT2D eigenvalue weighted by Crippen LogP contribution is -2.38. The van der Waals surface area contributed by atoms with Gasteiger partial charge < -0.3 is 20.7 Å². The SMILES string of the molecule is CC(N)CCC(=O)NC1CC(=O)N(CCOc2ccccc2)C1.Cl. The van der Waals surface area contributed by atoms with Crippen LogP contribution in [0.4, 0.5) is 0 Å². The summed E-state index contributed by atoms with van der Waals surface area (Å²) in [5.41, 5.74) is 5.64. The van der Waals surface area contributed by atoms with Gasteiger partial charge in [-0.25, -0.2) is 0 Å². The highest BCUT2D eigenvalue weighted by atomic mass is 35.5. The van der Waals surface area contributed by atoms with Gasteiger partial charge in [0.2, 0.25) is 11.8 Å². The molecule has 1 aromatic carbocycles. The smallest absolute Gasteiger partial charge is 0.224 e. The van der Waals surface area contributed by atoms with Gasteiger partial charge in [0.1, 0.15) is 12.4 Å². The molecule has 1 fully saturated rings. The van der Waals surface area contributed by atoms with E-state index in [1.54, 1.807) is 4.90 Å². The van der Waals surface area contributed by atoms with Crippen LogP contribution in [0.5, 0.6) is 5.75 Å². The maximum absolute atomic E-state index is 12.0. The molecule has 6 nitrogen and oxygen atoms in total. The van der Waals surface area contributed by atoms with Gasteiger partial charge in [0, 0.05) is 25.4 Å². The van der Waals surface area contributed by atoms with E-state index in [-0.39, 0.29) is 36.3 Å². The molecule has 0 bridgehead atoms. The third kappa shape index (κ3) is 6.76. The monoisotopic (exact) mass is 355 g/mol. The highest BCUT2D eigenvalue weighted by Gasteiger charge is 2.30. The van der Waals surface area contributed by atoms with Gasteiger partial charge in [0.25, 0.3) is 0 Å². The van der Waals surface area contributed by atoms with Crippen LogP contribution in [-0.2, 0) is 9.59 Å². The van der Waals surface area contributed by atoms with Crippen LogP contribution in [0, 0.1) is 0 Å². The number of nitrogens with zero attached hydrogens (tertiary/aromatic N) is 1. The van der Waals surface area contributed by atoms with Crippen molar-refractivity contribution in [3.8, 4) is 5.75 Å². The molecule has 1 saturated heterocycles. The van der Waals surface area contributed by atoms with Gasteiger partial charge in [0.05, 0.1) is 12.6 Å². The molecule has 1 heterocycles. The van der Waals surface area contributed by atoms with Crippen molar-refractivity contribution in [2.24, 2.45) is 5.73 Å². The number of carbonyl (C=O) groups excluding carboxylic acids is 2. The number of rotatable bonds is 8. The van der Waals surface area contributed by atoms with Crippen LogP contribution in [0.1, 0.15) is 26.2 Å². The van der Waals surface area contributed by atoms with Crippen LogP contribution >= 0.6 is 12.4 Å². The summed E-state index contributed by atoms with van der Waals surface area (Å²) in [4.78, 5) is 25.5. The first kappa shape index (κ1) is 20.3. The van der Waals surface area contributed by atoms with Crippen molar-refractivity contribution in [3.63, 3.8) is 0 Å². The minimum Gasteiger partial charge on any atom is -0.492 e. The molecule has 0 radical (unpaired) electrons. The molecule has 0 saturated carbocycles. The fourth-order valence-corrected chi connectivity index (χ4v) is 2.53. The predicted molar refractivity (Wildman–Crippen MR) is 95.2 cm³/mol. The van der Waals surface area contributed by atoms with Gasteiger partial charge in [-0.3, -0.25) is 9.59 Å². The topological polar surface area (TPSA) is 84.7 Å². The van der Waals surface area contributed by atoms with Crippen molar-refractivity contribution < 1.29 is 14.3 Å². The zero-order valence-electron chi connectivity index (χ0n) is 13.9. The van der Waals surface area contributed by atoms with Crippen LogP contribution < -0.4 is 15.8 Å². The summed E-state index contributed by atoms with van der Waals surface area (Å²) in [6.07, 6.45) is 1.41. The average Bonchev–Trinajstić information content (AvgIpc) is 2.86. The molecule has 0 aromatic heterocycles. The van der Waals surface area contributed by atoms with E-state index in [0.717, 1.165) is 5.75 Å². The number of halogens is 1. The Morgan fingerprint density at radius 3 is 2.79 bits per heavy atom. The molecule has 3 N–H and O–H groups in total. The molecule has 1 aliphatic rings. The second-order valence-electron chi connectivity index (χ2n) is 5.99. The quantitative estimate of drug-likeness (QED) is 0.736. The van der Waals surface area contributed by atoms with E-state index in [1.807, 2.05) is 37.3 Å². The zero-order valence-corrected chi connectivity index (χ0v) is 14.8. The fraction of sp³-hybridized carbons (Fsp3) is 0.529. The van der Waals surface area contributed by atoms with Crippen LogP contribution in [0.3, 0.4) is 0 Å². The van der Waals surface area contributed by atoms with Gasteiger partial charge in [-0.2, -0.15) is 0 Å². The number of nitrogens with one attached hydrogen (secondary N) is 1. The van der Waals surface area contributed by atoms with Crippen molar-refractivity contribution in [3.05, 3.63) is 30.3 Å². The summed E-state index contributed by atoms with van der Waals surface area (Å²) in [6.45, 7) is 3.39. The Morgan fingerprint density at radius 2 is 2.12 bits per heavy atom. The van der Waals surface area contributed by atoms with Gasteiger partial charge >= 0.3 is 0 Å². The van der Waals surface area contributed by atoms with E-state index in [2.05, 4.69) is 5.32 Å². The summed E-state index contributed by atoms with van der Waals surface area (Å²) < 4.78 is 5.60. The molecule has 1 aromatic rings. The maximum Gasteiger partial charge on any atom is 0.224 e. The molecular formula is C17H26ClN3O3. The second kappa shape index (κ2) is 10.2. The summed E-state index contributed by atoms with van der Waals surface area (Å²) in [7, 11) is 0. The molecule has 7 heteroatoms. The maximum atomic E-state index is 12.0. The number of amides is 2. The predicted octanol–water partition coefficient (Wildman–Crippen LogP) is 1.33. The van der Waals surface area contributed by atoms with Crippen molar-refractivity contribution in [1.29, 1.82) is 0 Å². The van der Waals surface area contributed by atoms with E-state index in [1.165, 1.54) is 0 Å². The average molecular weight is 356 g/mol. The number of para-hydroxylation sites is 1. The summed E-state index contributed by atoms with van der Waals surface area (Å²) >= 11 is 0. The molecule has 2 atom stereocenters. The fourth-order valence-electron chi connectivity index (χ4n) is 2.53. The van der Waals surface area contributed by atoms with E-state index in [9.17, 15) is 9.59 Å². The molecule has 24 heavy (non-hydrogen) atoms. The highest BCUT2D eigenvalue weighted by molar-refractivity contribution is 5.85. The van der Waals surface area contributed by atoms with Crippen molar-refractivity contribution in [2.75, 3.05) is 19.7 Å². The molecular weight excluding hydrogens is 330 g/mol. The number of hydrogen-bond donors (Lipinski definition) is 2. The van der Waals surface area contributed by atoms with Crippen molar-refractivity contribution in [2.45, 2.75) is 38.3 Å². The van der Waals surface area contributed by atoms with Crippen molar-refractivity contribution in [1.82, 2.24) is 10.2 Å². The minimum absolute atomic E-state index is 0. The third-order valence-electron chi connectivity index (χ3n) is 3.78. The molecule has 2 amide bonds. The number of ether oxygens (including phenoxy) is 1. The summed E-state index contributed by atoms with van der Waals surface area (Å²) in [6, 6.07) is 9.40. The Bertz CT molecular complexity index is 525. The van der Waals surface area contributed by atoms with Gasteiger partial charge in [0.15, 0.2) is 0 Å². The number of carbonyl (C=O) groups is 2. The van der Waals surface area contributed by atoms with Crippen LogP contribution in [-0.4, -0.2) is 48.5 Å². The number of likely N-dealkylation sites (tertiary alicyclic amines) is 1. The Kier molecular flexibility index (Phi) is 8.57. The third-order valence-corrected chi connectivity index (χ3v) is 3.78. The van der Waals surface area contributed by atoms with E-state index in [0.29, 0.717) is 39.0 Å². The standard InChI is InChI=1S/C17H25N3O3.ClH/c1-13(18)7-8-16(21)19-14-11-17(22)20(12-14)9-10-23-15-5-3-2-4-6-15;/h2-6,13-14H,7-12,18H2,1H3,(H,19,21);1H. The first-order valence-electron chi connectivity index (χ1n) is 8.05. The summed E-state index contributed by atoms with van der Waals surface area (Å²) in [5, 5.41) is 2.90. The molecule has 134 valence electrons. The minimum atomic E-state index is -0.111. The van der Waals surface area contributed by atoms with Gasteiger partial charge in [-0.05, 0) is 25.5 Å². The Labute approximate surface area is 149 Å². The largest absolute Gasteiger partial charge is 0.492 e.